The number of phenols is 2. The second-order valence-electron chi connectivity index (χ2n) is 12.1. The first-order valence-electron chi connectivity index (χ1n) is 14.7. The van der Waals surface area contributed by atoms with Crippen LogP contribution in [-0.4, -0.2) is 51.5 Å². The van der Waals surface area contributed by atoms with Gasteiger partial charge in [-0.15, -0.1) is 11.8 Å². The zero-order valence-corrected chi connectivity index (χ0v) is 24.9. The van der Waals surface area contributed by atoms with Crippen LogP contribution < -0.4 is 0 Å². The Labute approximate surface area is 249 Å². The average molecular weight is 619 g/mol. The molecule has 2 atom stereocenters. The summed E-state index contributed by atoms with van der Waals surface area (Å²) in [5.74, 6) is -3.21. The summed E-state index contributed by atoms with van der Waals surface area (Å²) in [6, 6.07) is 13.0. The molecule has 0 fully saturated rings. The lowest BCUT2D eigenvalue weighted by Gasteiger charge is -2.43. The number of rotatable bonds is 16. The van der Waals surface area contributed by atoms with E-state index in [0.29, 0.717) is 12.8 Å². The quantitative estimate of drug-likeness (QED) is 0.112. The Kier molecular flexibility index (Phi) is 12.0. The van der Waals surface area contributed by atoms with Crippen LogP contribution in [0.4, 0.5) is 22.0 Å². The number of fused-ring (bicyclic) bond motifs is 1. The van der Waals surface area contributed by atoms with Crippen molar-refractivity contribution in [2.75, 3.05) is 19.0 Å². The minimum Gasteiger partial charge on any atom is -0.508 e. The molecule has 4 N–H and O–H groups in total. The first-order valence-corrected chi connectivity index (χ1v) is 15.7. The molecule has 2 aromatic rings. The van der Waals surface area contributed by atoms with E-state index in [1.165, 1.54) is 5.56 Å². The minimum atomic E-state index is -5.60. The van der Waals surface area contributed by atoms with Crippen LogP contribution in [0.25, 0.3) is 0 Å². The molecule has 3 rings (SSSR count). The van der Waals surface area contributed by atoms with Gasteiger partial charge in [-0.05, 0) is 67.0 Å². The Morgan fingerprint density at radius 2 is 1.33 bits per heavy atom. The fraction of sp³-hybridized carbons (Fsp3) is 0.625. The molecule has 1 aliphatic rings. The van der Waals surface area contributed by atoms with Crippen molar-refractivity contribution in [3.8, 4) is 11.5 Å². The van der Waals surface area contributed by atoms with E-state index in [-0.39, 0.29) is 29.3 Å². The summed E-state index contributed by atoms with van der Waals surface area (Å²) in [7, 11) is 0. The van der Waals surface area contributed by atoms with E-state index >= 15 is 0 Å². The summed E-state index contributed by atoms with van der Waals surface area (Å²) in [5, 5.41) is 39.4. The number of halogens is 5. The van der Waals surface area contributed by atoms with Gasteiger partial charge in [0.25, 0.3) is 0 Å². The van der Waals surface area contributed by atoms with E-state index < -0.39 is 43.6 Å². The Bertz CT molecular complexity index is 1120. The maximum absolute atomic E-state index is 13.2. The smallest absolute Gasteiger partial charge is 0.453 e. The minimum absolute atomic E-state index is 0.0929. The summed E-state index contributed by atoms with van der Waals surface area (Å²) < 4.78 is 63.8. The molecule has 0 amide bonds. The number of aliphatic hydroxyl groups excluding tert-OH is 2. The lowest BCUT2D eigenvalue weighted by Crippen LogP contribution is -2.37. The number of aromatic hydroxyl groups is 2. The molecule has 42 heavy (non-hydrogen) atoms. The highest BCUT2D eigenvalue weighted by Crippen LogP contribution is 2.52. The molecule has 4 nitrogen and oxygen atoms in total. The van der Waals surface area contributed by atoms with Crippen molar-refractivity contribution >= 4 is 11.8 Å². The van der Waals surface area contributed by atoms with Gasteiger partial charge in [0.05, 0.1) is 13.2 Å². The first kappa shape index (κ1) is 34.5. The summed E-state index contributed by atoms with van der Waals surface area (Å²) in [6.07, 6.45) is -0.807. The predicted molar refractivity (Wildman–Crippen MR) is 155 cm³/mol. The summed E-state index contributed by atoms with van der Waals surface area (Å²) in [5.41, 5.74) is 1.18. The van der Waals surface area contributed by atoms with Crippen LogP contribution in [-0.2, 0) is 5.41 Å². The topological polar surface area (TPSA) is 80.9 Å². The number of thioether (sulfide) groups is 1. The molecule has 10 heteroatoms. The van der Waals surface area contributed by atoms with Crippen LogP contribution in [0.2, 0.25) is 0 Å². The number of aliphatic hydroxyl groups is 2. The standard InChI is InChI=1S/C32H43F5O4S/c1-29(23-10-12-24(40)13-11-23)22-42-28-19-25(41)14-15-26(28)27(29)9-6-4-2-3-5-7-16-30(20-38,21-39)17-8-18-31(33,34)32(35,36)37/h10-15,19,27,38-41H,2-9,16-18,20-22H2,1H3/t27-,29-/m1/s1. The molecule has 1 aliphatic heterocycles. The molecule has 0 unspecified atom stereocenters. The van der Waals surface area contributed by atoms with Crippen molar-refractivity contribution in [3.63, 3.8) is 0 Å². The van der Waals surface area contributed by atoms with Crippen molar-refractivity contribution in [1.29, 1.82) is 0 Å². The SMILES string of the molecule is C[C@]1(c2ccc(O)cc2)CSc2cc(O)ccc2[C@H]1CCCCCCCCC(CO)(CO)CCCC(F)(F)C(F)(F)F. The summed E-state index contributed by atoms with van der Waals surface area (Å²) in [4.78, 5) is 1.09. The van der Waals surface area contributed by atoms with Gasteiger partial charge in [0.15, 0.2) is 0 Å². The van der Waals surface area contributed by atoms with Gasteiger partial charge in [0.1, 0.15) is 11.5 Å². The van der Waals surface area contributed by atoms with E-state index in [0.717, 1.165) is 54.7 Å². The monoisotopic (exact) mass is 618 g/mol. The van der Waals surface area contributed by atoms with Crippen molar-refractivity contribution in [2.45, 2.75) is 106 Å². The van der Waals surface area contributed by atoms with Gasteiger partial charge in [0, 0.05) is 27.9 Å². The van der Waals surface area contributed by atoms with Crippen LogP contribution in [0.3, 0.4) is 0 Å². The number of benzene rings is 2. The largest absolute Gasteiger partial charge is 0.508 e. The van der Waals surface area contributed by atoms with E-state index in [1.54, 1.807) is 30.0 Å². The van der Waals surface area contributed by atoms with E-state index in [2.05, 4.69) is 6.92 Å². The fourth-order valence-corrected chi connectivity index (χ4v) is 7.49. The highest BCUT2D eigenvalue weighted by Gasteiger charge is 2.56. The van der Waals surface area contributed by atoms with Gasteiger partial charge < -0.3 is 20.4 Å². The van der Waals surface area contributed by atoms with Crippen LogP contribution in [0.5, 0.6) is 11.5 Å². The Morgan fingerprint density at radius 1 is 0.762 bits per heavy atom. The van der Waals surface area contributed by atoms with Crippen LogP contribution in [0.15, 0.2) is 47.4 Å². The molecule has 0 aromatic heterocycles. The van der Waals surface area contributed by atoms with Crippen LogP contribution >= 0.6 is 11.8 Å². The molecule has 0 saturated heterocycles. The molecule has 0 aliphatic carbocycles. The second-order valence-corrected chi connectivity index (χ2v) is 13.1. The number of hydrogen-bond acceptors (Lipinski definition) is 5. The number of unbranched alkanes of at least 4 members (excludes halogenated alkanes) is 5. The molecule has 0 bridgehead atoms. The van der Waals surface area contributed by atoms with E-state index in [9.17, 15) is 42.4 Å². The molecule has 0 saturated carbocycles. The average Bonchev–Trinajstić information content (AvgIpc) is 2.94. The van der Waals surface area contributed by atoms with Crippen molar-refractivity contribution in [2.24, 2.45) is 5.41 Å². The molecule has 0 radical (unpaired) electrons. The van der Waals surface area contributed by atoms with E-state index in [1.807, 2.05) is 24.3 Å². The van der Waals surface area contributed by atoms with Crippen molar-refractivity contribution in [3.05, 3.63) is 53.6 Å². The lowest BCUT2D eigenvalue weighted by atomic mass is 9.68. The van der Waals surface area contributed by atoms with Crippen LogP contribution in [0.1, 0.15) is 94.6 Å². The number of phenolic OH excluding ortho intramolecular Hbond substituents is 2. The number of hydrogen-bond donors (Lipinski definition) is 4. The van der Waals surface area contributed by atoms with Gasteiger partial charge in [-0.2, -0.15) is 22.0 Å². The molecule has 1 heterocycles. The second kappa shape index (κ2) is 14.6. The van der Waals surface area contributed by atoms with Gasteiger partial charge >= 0.3 is 12.1 Å². The lowest BCUT2D eigenvalue weighted by molar-refractivity contribution is -0.285. The van der Waals surface area contributed by atoms with Gasteiger partial charge in [-0.1, -0.05) is 63.6 Å². The molecular weight excluding hydrogens is 575 g/mol. The zero-order chi connectivity index (χ0) is 31.0. The third kappa shape index (κ3) is 8.53. The third-order valence-electron chi connectivity index (χ3n) is 8.93. The highest BCUT2D eigenvalue weighted by atomic mass is 32.2. The molecule has 236 valence electrons. The molecule has 0 spiro atoms. The fourth-order valence-electron chi connectivity index (χ4n) is 6.08. The number of alkyl halides is 5. The first-order chi connectivity index (χ1) is 19.8. The summed E-state index contributed by atoms with van der Waals surface area (Å²) >= 11 is 1.73. The Morgan fingerprint density at radius 3 is 1.95 bits per heavy atom. The van der Waals surface area contributed by atoms with Crippen LogP contribution in [0, 0.1) is 5.41 Å². The predicted octanol–water partition coefficient (Wildman–Crippen LogP) is 8.70. The van der Waals surface area contributed by atoms with Gasteiger partial charge in [-0.25, -0.2) is 0 Å². The van der Waals surface area contributed by atoms with Crippen molar-refractivity contribution < 1.29 is 42.4 Å². The maximum Gasteiger partial charge on any atom is 0.453 e. The van der Waals surface area contributed by atoms with E-state index in [4.69, 9.17) is 0 Å². The normalized spacial score (nSPS) is 19.6. The summed E-state index contributed by atoms with van der Waals surface area (Å²) in [6.45, 7) is 1.34. The van der Waals surface area contributed by atoms with Gasteiger partial charge in [0.2, 0.25) is 0 Å². The van der Waals surface area contributed by atoms with Crippen molar-refractivity contribution in [1.82, 2.24) is 0 Å². The molecular formula is C32H43F5O4S. The third-order valence-corrected chi connectivity index (χ3v) is 10.3. The van der Waals surface area contributed by atoms with Gasteiger partial charge in [-0.3, -0.25) is 0 Å². The maximum atomic E-state index is 13.2. The Hall–Kier alpha value is -2.04. The zero-order valence-electron chi connectivity index (χ0n) is 24.1. The Balaban J connectivity index is 1.48. The molecule has 2 aromatic carbocycles. The highest BCUT2D eigenvalue weighted by molar-refractivity contribution is 7.99.